The van der Waals surface area contributed by atoms with Crippen molar-refractivity contribution in [2.24, 2.45) is 0 Å². The Balaban J connectivity index is 1.52. The third-order valence-electron chi connectivity index (χ3n) is 5.55. The van der Waals surface area contributed by atoms with Crippen molar-refractivity contribution in [1.82, 2.24) is 29.0 Å². The number of fused-ring (bicyclic) bond motifs is 6. The van der Waals surface area contributed by atoms with Crippen LogP contribution in [0.2, 0.25) is 0 Å². The van der Waals surface area contributed by atoms with Crippen LogP contribution in [0.25, 0.3) is 5.65 Å². The summed E-state index contributed by atoms with van der Waals surface area (Å²) >= 11 is 0. The van der Waals surface area contributed by atoms with Crippen molar-refractivity contribution < 1.29 is 4.79 Å². The highest BCUT2D eigenvalue weighted by Gasteiger charge is 2.43. The number of imidazole rings is 1. The van der Waals surface area contributed by atoms with Crippen LogP contribution in [0, 0.1) is 13.8 Å². The van der Waals surface area contributed by atoms with Gasteiger partial charge in [-0.1, -0.05) is 0 Å². The van der Waals surface area contributed by atoms with Crippen molar-refractivity contribution >= 4 is 11.6 Å². The molecule has 2 aliphatic heterocycles. The van der Waals surface area contributed by atoms with Crippen LogP contribution in [0.5, 0.6) is 0 Å². The van der Waals surface area contributed by atoms with E-state index < -0.39 is 0 Å². The molecule has 0 saturated carbocycles. The second-order valence-corrected chi connectivity index (χ2v) is 7.07. The van der Waals surface area contributed by atoms with Crippen LogP contribution < -0.4 is 0 Å². The third kappa shape index (κ3) is 2.11. The molecule has 0 N–H and O–H groups in total. The van der Waals surface area contributed by atoms with Gasteiger partial charge in [0, 0.05) is 42.7 Å². The predicted molar refractivity (Wildman–Crippen MR) is 91.0 cm³/mol. The first-order valence-corrected chi connectivity index (χ1v) is 8.75. The SMILES string of the molecule is Cc1cc2ncc3c(n2n1)CC1CCC3N1C(=O)Cn1ccnc1C. The van der Waals surface area contributed by atoms with Gasteiger partial charge in [0.25, 0.3) is 0 Å². The summed E-state index contributed by atoms with van der Waals surface area (Å²) in [5, 5.41) is 4.60. The Morgan fingerprint density at radius 1 is 1.28 bits per heavy atom. The van der Waals surface area contributed by atoms with E-state index >= 15 is 0 Å². The Hall–Kier alpha value is -2.70. The van der Waals surface area contributed by atoms with E-state index in [0.29, 0.717) is 6.54 Å². The van der Waals surface area contributed by atoms with Gasteiger partial charge in [-0.25, -0.2) is 14.5 Å². The van der Waals surface area contributed by atoms with Crippen LogP contribution in [0.1, 0.15) is 41.7 Å². The Kier molecular flexibility index (Phi) is 3.01. The van der Waals surface area contributed by atoms with Gasteiger partial charge < -0.3 is 9.47 Å². The highest BCUT2D eigenvalue weighted by atomic mass is 16.2. The number of hydrogen-bond donors (Lipinski definition) is 0. The van der Waals surface area contributed by atoms with Crippen molar-refractivity contribution in [2.45, 2.75) is 51.7 Å². The van der Waals surface area contributed by atoms with Crippen LogP contribution >= 0.6 is 0 Å². The molecule has 0 spiro atoms. The van der Waals surface area contributed by atoms with Crippen molar-refractivity contribution in [2.75, 3.05) is 0 Å². The lowest BCUT2D eigenvalue weighted by molar-refractivity contribution is -0.135. The van der Waals surface area contributed by atoms with Crippen LogP contribution in [0.3, 0.4) is 0 Å². The number of amides is 1. The normalized spacial score (nSPS) is 21.8. The highest BCUT2D eigenvalue weighted by molar-refractivity contribution is 5.78. The first-order valence-electron chi connectivity index (χ1n) is 8.75. The molecule has 2 aliphatic rings. The van der Waals surface area contributed by atoms with E-state index in [9.17, 15) is 4.79 Å². The van der Waals surface area contributed by atoms with Gasteiger partial charge in [0.1, 0.15) is 12.4 Å². The number of nitrogens with zero attached hydrogens (tertiary/aromatic N) is 6. The number of aromatic nitrogens is 5. The zero-order valence-electron chi connectivity index (χ0n) is 14.4. The lowest BCUT2D eigenvalue weighted by Crippen LogP contribution is -2.44. The van der Waals surface area contributed by atoms with Crippen molar-refractivity contribution in [1.29, 1.82) is 0 Å². The molecule has 0 aliphatic carbocycles. The van der Waals surface area contributed by atoms with E-state index in [4.69, 9.17) is 0 Å². The number of aryl methyl sites for hydroxylation is 2. The Labute approximate surface area is 145 Å². The molecule has 1 fully saturated rings. The van der Waals surface area contributed by atoms with Gasteiger partial charge in [-0.15, -0.1) is 0 Å². The van der Waals surface area contributed by atoms with Crippen LogP contribution in [-0.4, -0.2) is 41.0 Å². The predicted octanol–water partition coefficient (Wildman–Crippen LogP) is 1.83. The summed E-state index contributed by atoms with van der Waals surface area (Å²) in [6.45, 7) is 4.26. The van der Waals surface area contributed by atoms with E-state index in [2.05, 4.69) is 20.0 Å². The molecule has 2 bridgehead atoms. The summed E-state index contributed by atoms with van der Waals surface area (Å²) in [6, 6.07) is 2.37. The van der Waals surface area contributed by atoms with Crippen molar-refractivity contribution in [3.8, 4) is 0 Å². The molecule has 1 saturated heterocycles. The zero-order valence-corrected chi connectivity index (χ0v) is 14.4. The topological polar surface area (TPSA) is 68.3 Å². The average Bonchev–Trinajstić information content (AvgIpc) is 3.25. The largest absolute Gasteiger partial charge is 0.331 e. The Morgan fingerprint density at radius 3 is 2.96 bits per heavy atom. The number of rotatable bonds is 2. The second-order valence-electron chi connectivity index (χ2n) is 7.07. The van der Waals surface area contributed by atoms with E-state index in [1.165, 1.54) is 5.69 Å². The summed E-state index contributed by atoms with van der Waals surface area (Å²) in [6.07, 6.45) is 8.44. The summed E-state index contributed by atoms with van der Waals surface area (Å²) in [5.74, 6) is 1.03. The van der Waals surface area contributed by atoms with Gasteiger partial charge in [0.15, 0.2) is 5.65 Å². The van der Waals surface area contributed by atoms with E-state index in [1.807, 2.05) is 41.4 Å². The van der Waals surface area contributed by atoms with Crippen molar-refractivity contribution in [3.63, 3.8) is 0 Å². The van der Waals surface area contributed by atoms with Crippen LogP contribution in [0.4, 0.5) is 0 Å². The van der Waals surface area contributed by atoms with Gasteiger partial charge >= 0.3 is 0 Å². The smallest absolute Gasteiger partial charge is 0.243 e. The minimum Gasteiger partial charge on any atom is -0.331 e. The van der Waals surface area contributed by atoms with Gasteiger partial charge in [-0.3, -0.25) is 4.79 Å². The van der Waals surface area contributed by atoms with Gasteiger partial charge in [0.2, 0.25) is 5.91 Å². The monoisotopic (exact) mass is 336 g/mol. The van der Waals surface area contributed by atoms with E-state index in [-0.39, 0.29) is 18.0 Å². The summed E-state index contributed by atoms with van der Waals surface area (Å²) < 4.78 is 3.88. The number of carbonyl (C=O) groups is 1. The molecule has 3 aromatic rings. The Bertz CT molecular complexity index is 987. The molecular formula is C18H20N6O. The lowest BCUT2D eigenvalue weighted by atomic mass is 9.99. The number of carbonyl (C=O) groups excluding carboxylic acids is 1. The molecule has 1 amide bonds. The standard InChI is InChI=1S/C18H20N6O/c1-11-7-17-20-9-14-15-4-3-13(8-16(14)24(17)21-11)23(15)18(25)10-22-6-5-19-12(22)2/h5-7,9,13,15H,3-4,8,10H2,1-2H3. The van der Waals surface area contributed by atoms with Crippen LogP contribution in [-0.2, 0) is 17.8 Å². The van der Waals surface area contributed by atoms with Gasteiger partial charge in [0.05, 0.1) is 17.4 Å². The molecule has 5 heterocycles. The zero-order chi connectivity index (χ0) is 17.1. The summed E-state index contributed by atoms with van der Waals surface area (Å²) in [4.78, 5) is 23.8. The molecule has 2 unspecified atom stereocenters. The molecule has 3 aromatic heterocycles. The fraction of sp³-hybridized carbons (Fsp3) is 0.444. The molecule has 5 rings (SSSR count). The maximum absolute atomic E-state index is 13.0. The fourth-order valence-corrected chi connectivity index (χ4v) is 4.38. The summed E-state index contributed by atoms with van der Waals surface area (Å²) in [5.41, 5.74) is 4.24. The van der Waals surface area contributed by atoms with E-state index in [1.54, 1.807) is 6.20 Å². The minimum atomic E-state index is 0.117. The molecule has 7 heteroatoms. The molecule has 0 aromatic carbocycles. The highest BCUT2D eigenvalue weighted by Crippen LogP contribution is 2.43. The summed E-state index contributed by atoms with van der Waals surface area (Å²) in [7, 11) is 0. The second kappa shape index (κ2) is 5.15. The molecule has 7 nitrogen and oxygen atoms in total. The molecule has 0 radical (unpaired) electrons. The molecular weight excluding hydrogens is 316 g/mol. The first-order chi connectivity index (χ1) is 12.1. The van der Waals surface area contributed by atoms with E-state index in [0.717, 1.165) is 42.0 Å². The lowest BCUT2D eigenvalue weighted by Gasteiger charge is -2.36. The van der Waals surface area contributed by atoms with Gasteiger partial charge in [-0.05, 0) is 26.7 Å². The molecule has 25 heavy (non-hydrogen) atoms. The first kappa shape index (κ1) is 14.6. The average molecular weight is 336 g/mol. The fourth-order valence-electron chi connectivity index (χ4n) is 4.38. The third-order valence-corrected chi connectivity index (χ3v) is 5.55. The molecule has 2 atom stereocenters. The van der Waals surface area contributed by atoms with Gasteiger partial charge in [-0.2, -0.15) is 5.10 Å². The van der Waals surface area contributed by atoms with Crippen molar-refractivity contribution in [3.05, 3.63) is 47.4 Å². The maximum Gasteiger partial charge on any atom is 0.243 e. The quantitative estimate of drug-likeness (QED) is 0.716. The molecule has 128 valence electrons. The number of hydrogen-bond acceptors (Lipinski definition) is 4. The maximum atomic E-state index is 13.0. The minimum absolute atomic E-state index is 0.117. The van der Waals surface area contributed by atoms with Crippen LogP contribution in [0.15, 0.2) is 24.7 Å². The Morgan fingerprint density at radius 2 is 2.16 bits per heavy atom.